The highest BCUT2D eigenvalue weighted by Crippen LogP contribution is 2.33. The molecule has 2 aromatic heterocycles. The maximum absolute atomic E-state index is 14.0. The van der Waals surface area contributed by atoms with E-state index in [1.807, 2.05) is 5.32 Å². The molecule has 3 aromatic rings. The molecule has 0 saturated carbocycles. The number of hydrogen-bond donors (Lipinski definition) is 3. The summed E-state index contributed by atoms with van der Waals surface area (Å²) in [5.74, 6) is -0.374. The number of amides is 1. The van der Waals surface area contributed by atoms with Gasteiger partial charge in [-0.05, 0) is 17.7 Å². The summed E-state index contributed by atoms with van der Waals surface area (Å²) in [5.41, 5.74) is 7.65. The zero-order chi connectivity index (χ0) is 15.9. The Morgan fingerprint density at radius 3 is 2.86 bits per heavy atom. The lowest BCUT2D eigenvalue weighted by molar-refractivity contribution is 0.209. The number of nitrogens with two attached hydrogens (primary N) is 1. The van der Waals surface area contributed by atoms with Crippen LogP contribution in [-0.4, -0.2) is 25.7 Å². The first-order chi connectivity index (χ1) is 10.5. The number of hydrogen-bond acceptors (Lipinski definition) is 4. The quantitative estimate of drug-likeness (QED) is 0.674. The van der Waals surface area contributed by atoms with Crippen molar-refractivity contribution >= 4 is 28.6 Å². The van der Waals surface area contributed by atoms with Gasteiger partial charge in [-0.1, -0.05) is 6.07 Å². The SMILES string of the molecule is Cn1cc(-c2ccc(NC(=O)O)c(F)c2)c2c(N)ncnc21. The molecule has 2 heterocycles. The number of aromatic nitrogens is 3. The van der Waals surface area contributed by atoms with Crippen LogP contribution in [0.25, 0.3) is 22.2 Å². The fourth-order valence-electron chi connectivity index (χ4n) is 2.35. The van der Waals surface area contributed by atoms with E-state index < -0.39 is 11.9 Å². The predicted molar refractivity (Wildman–Crippen MR) is 80.0 cm³/mol. The van der Waals surface area contributed by atoms with Crippen molar-refractivity contribution in [1.29, 1.82) is 0 Å². The topological polar surface area (TPSA) is 106 Å². The molecular weight excluding hydrogens is 289 g/mol. The van der Waals surface area contributed by atoms with Gasteiger partial charge in [0.15, 0.2) is 0 Å². The average Bonchev–Trinajstić information content (AvgIpc) is 2.80. The monoisotopic (exact) mass is 301 g/mol. The molecule has 4 N–H and O–H groups in total. The molecule has 0 saturated heterocycles. The summed E-state index contributed by atoms with van der Waals surface area (Å²) in [6.07, 6.45) is 1.81. The van der Waals surface area contributed by atoms with E-state index in [-0.39, 0.29) is 5.69 Å². The number of benzene rings is 1. The van der Waals surface area contributed by atoms with Crippen LogP contribution in [0.4, 0.5) is 20.7 Å². The third-order valence-electron chi connectivity index (χ3n) is 3.30. The molecule has 22 heavy (non-hydrogen) atoms. The second-order valence-electron chi connectivity index (χ2n) is 4.74. The van der Waals surface area contributed by atoms with Gasteiger partial charge in [-0.25, -0.2) is 19.2 Å². The zero-order valence-electron chi connectivity index (χ0n) is 11.5. The van der Waals surface area contributed by atoms with Gasteiger partial charge in [-0.3, -0.25) is 5.32 Å². The summed E-state index contributed by atoms with van der Waals surface area (Å²) >= 11 is 0. The van der Waals surface area contributed by atoms with Crippen LogP contribution < -0.4 is 11.1 Å². The molecule has 0 bridgehead atoms. The van der Waals surface area contributed by atoms with Gasteiger partial charge in [0.1, 0.15) is 23.6 Å². The highest BCUT2D eigenvalue weighted by atomic mass is 19.1. The number of halogens is 1. The molecule has 112 valence electrons. The second-order valence-corrected chi connectivity index (χ2v) is 4.74. The van der Waals surface area contributed by atoms with E-state index in [1.54, 1.807) is 23.9 Å². The molecule has 0 aliphatic carbocycles. The third kappa shape index (κ3) is 2.20. The zero-order valence-corrected chi connectivity index (χ0v) is 11.5. The lowest BCUT2D eigenvalue weighted by Crippen LogP contribution is -2.08. The Labute approximate surface area is 124 Å². The molecule has 0 fully saturated rings. The molecule has 0 aliphatic heterocycles. The number of nitrogen functional groups attached to an aromatic ring is 1. The summed E-state index contributed by atoms with van der Waals surface area (Å²) in [6, 6.07) is 4.21. The van der Waals surface area contributed by atoms with E-state index in [0.717, 1.165) is 0 Å². The molecule has 0 radical (unpaired) electrons. The summed E-state index contributed by atoms with van der Waals surface area (Å²) in [6.45, 7) is 0. The number of anilines is 2. The fourth-order valence-corrected chi connectivity index (χ4v) is 2.35. The van der Waals surface area contributed by atoms with Crippen LogP contribution in [0.3, 0.4) is 0 Å². The van der Waals surface area contributed by atoms with Crippen molar-refractivity contribution in [3.05, 3.63) is 36.5 Å². The normalized spacial score (nSPS) is 10.8. The Morgan fingerprint density at radius 1 is 1.41 bits per heavy atom. The Kier molecular flexibility index (Phi) is 3.13. The van der Waals surface area contributed by atoms with Gasteiger partial charge in [0, 0.05) is 18.8 Å². The highest BCUT2D eigenvalue weighted by Gasteiger charge is 2.15. The minimum atomic E-state index is -1.32. The first kappa shape index (κ1) is 13.8. The van der Waals surface area contributed by atoms with E-state index in [9.17, 15) is 9.18 Å². The first-order valence-electron chi connectivity index (χ1n) is 6.32. The Bertz CT molecular complexity index is 890. The maximum Gasteiger partial charge on any atom is 0.409 e. The highest BCUT2D eigenvalue weighted by molar-refractivity contribution is 6.00. The number of carbonyl (C=O) groups is 1. The molecule has 0 aliphatic rings. The van der Waals surface area contributed by atoms with E-state index >= 15 is 0 Å². The molecule has 0 unspecified atom stereocenters. The van der Waals surface area contributed by atoms with Crippen LogP contribution >= 0.6 is 0 Å². The van der Waals surface area contributed by atoms with E-state index in [1.165, 1.54) is 18.5 Å². The summed E-state index contributed by atoms with van der Waals surface area (Å²) in [4.78, 5) is 18.7. The van der Waals surface area contributed by atoms with Crippen molar-refractivity contribution in [1.82, 2.24) is 14.5 Å². The van der Waals surface area contributed by atoms with Crippen LogP contribution in [0, 0.1) is 5.82 Å². The van der Waals surface area contributed by atoms with E-state index in [4.69, 9.17) is 10.8 Å². The summed E-state index contributed by atoms with van der Waals surface area (Å²) < 4.78 is 15.8. The van der Waals surface area contributed by atoms with Crippen molar-refractivity contribution < 1.29 is 14.3 Å². The van der Waals surface area contributed by atoms with Gasteiger partial charge >= 0.3 is 6.09 Å². The molecule has 1 aromatic carbocycles. The van der Waals surface area contributed by atoms with Crippen molar-refractivity contribution in [2.45, 2.75) is 0 Å². The smallest absolute Gasteiger partial charge is 0.409 e. The number of carboxylic acid groups (broad SMARTS) is 1. The lowest BCUT2D eigenvalue weighted by atomic mass is 10.1. The lowest BCUT2D eigenvalue weighted by Gasteiger charge is -2.06. The molecular formula is C14H12FN5O2. The molecule has 3 rings (SSSR count). The molecule has 8 heteroatoms. The molecule has 0 spiro atoms. The fraction of sp³-hybridized carbons (Fsp3) is 0.0714. The molecule has 1 amide bonds. The Morgan fingerprint density at radius 2 is 2.18 bits per heavy atom. The van der Waals surface area contributed by atoms with Gasteiger partial charge < -0.3 is 15.4 Å². The predicted octanol–water partition coefficient (Wildman–Crippen LogP) is 2.45. The van der Waals surface area contributed by atoms with Crippen molar-refractivity contribution in [3.8, 4) is 11.1 Å². The summed E-state index contributed by atoms with van der Waals surface area (Å²) in [7, 11) is 1.80. The van der Waals surface area contributed by atoms with Crippen LogP contribution in [0.5, 0.6) is 0 Å². The minimum absolute atomic E-state index is 0.110. The van der Waals surface area contributed by atoms with Crippen molar-refractivity contribution in [2.24, 2.45) is 7.05 Å². The first-order valence-corrected chi connectivity index (χ1v) is 6.32. The van der Waals surface area contributed by atoms with Crippen LogP contribution in [-0.2, 0) is 7.05 Å². The number of fused-ring (bicyclic) bond motifs is 1. The van der Waals surface area contributed by atoms with Gasteiger partial charge in [0.2, 0.25) is 0 Å². The van der Waals surface area contributed by atoms with Gasteiger partial charge in [0.25, 0.3) is 0 Å². The van der Waals surface area contributed by atoms with E-state index in [0.29, 0.717) is 28.0 Å². The molecule has 0 atom stereocenters. The minimum Gasteiger partial charge on any atom is -0.465 e. The Hall–Kier alpha value is -3.16. The number of nitrogens with zero attached hydrogens (tertiary/aromatic N) is 3. The second kappa shape index (κ2) is 4.99. The van der Waals surface area contributed by atoms with Crippen molar-refractivity contribution in [2.75, 3.05) is 11.1 Å². The van der Waals surface area contributed by atoms with Gasteiger partial charge in [0.05, 0.1) is 11.1 Å². The van der Waals surface area contributed by atoms with Crippen molar-refractivity contribution in [3.63, 3.8) is 0 Å². The number of nitrogens with one attached hydrogen (secondary N) is 1. The Balaban J connectivity index is 2.16. The largest absolute Gasteiger partial charge is 0.465 e. The maximum atomic E-state index is 14.0. The van der Waals surface area contributed by atoms with Gasteiger partial charge in [-0.2, -0.15) is 0 Å². The average molecular weight is 301 g/mol. The van der Waals surface area contributed by atoms with Crippen LogP contribution in [0.1, 0.15) is 0 Å². The number of rotatable bonds is 2. The van der Waals surface area contributed by atoms with Gasteiger partial charge in [-0.15, -0.1) is 0 Å². The standard InChI is InChI=1S/C14H12FN5O2/c1-20-5-8(11-12(16)17-6-18-13(11)20)7-2-3-10(9(15)4-7)19-14(21)22/h2-6,19H,1H3,(H,21,22)(H2,16,17,18). The van der Waals surface area contributed by atoms with E-state index in [2.05, 4.69) is 9.97 Å². The van der Waals surface area contributed by atoms with Crippen LogP contribution in [0.2, 0.25) is 0 Å². The number of aryl methyl sites for hydroxylation is 1. The van der Waals surface area contributed by atoms with Crippen LogP contribution in [0.15, 0.2) is 30.7 Å². The summed E-state index contributed by atoms with van der Waals surface area (Å²) in [5, 5.41) is 11.3. The molecule has 7 nitrogen and oxygen atoms in total. The third-order valence-corrected chi connectivity index (χ3v) is 3.30.